The lowest BCUT2D eigenvalue weighted by atomic mass is 9.98. The quantitative estimate of drug-likeness (QED) is 0.0274. The second kappa shape index (κ2) is 40.6. The van der Waals surface area contributed by atoms with Gasteiger partial charge in [0.05, 0.1) is 25.4 Å². The van der Waals surface area contributed by atoms with Crippen molar-refractivity contribution in [1.82, 2.24) is 5.32 Å². The van der Waals surface area contributed by atoms with Gasteiger partial charge in [0.25, 0.3) is 0 Å². The van der Waals surface area contributed by atoms with Crippen LogP contribution in [0.5, 0.6) is 0 Å². The van der Waals surface area contributed by atoms with Gasteiger partial charge in [0.15, 0.2) is 6.29 Å². The van der Waals surface area contributed by atoms with Crippen molar-refractivity contribution in [3.05, 3.63) is 0 Å². The average Bonchev–Trinajstić information content (AvgIpc) is 3.26. The van der Waals surface area contributed by atoms with Crippen molar-refractivity contribution in [2.24, 2.45) is 0 Å². The number of aliphatic hydroxyl groups excluding tert-OH is 7. The van der Waals surface area contributed by atoms with Crippen LogP contribution in [0, 0.1) is 0 Å². The van der Waals surface area contributed by atoms with Crippen molar-refractivity contribution in [2.75, 3.05) is 13.2 Å². The minimum absolute atomic E-state index is 0.267. The van der Waals surface area contributed by atoms with Crippen molar-refractivity contribution in [2.45, 2.75) is 300 Å². The topological polar surface area (TPSA) is 189 Å². The molecular weight excluding hydrogens is 775 g/mol. The summed E-state index contributed by atoms with van der Waals surface area (Å²) >= 11 is 0. The van der Waals surface area contributed by atoms with E-state index in [1.54, 1.807) is 0 Å². The second-order valence-electron chi connectivity index (χ2n) is 18.6. The van der Waals surface area contributed by atoms with Crippen LogP contribution in [0.4, 0.5) is 0 Å². The average molecular weight is 874 g/mol. The third-order valence-electron chi connectivity index (χ3n) is 12.9. The summed E-state index contributed by atoms with van der Waals surface area (Å²) in [6.07, 6.45) is 31.5. The molecule has 61 heavy (non-hydrogen) atoms. The first-order chi connectivity index (χ1) is 29.7. The Hall–Kier alpha value is -0.890. The van der Waals surface area contributed by atoms with Crippen LogP contribution in [-0.4, -0.2) is 110 Å². The summed E-state index contributed by atoms with van der Waals surface area (Å²) in [4.78, 5) is 13.1. The molecular formula is C50H99NO10. The van der Waals surface area contributed by atoms with E-state index >= 15 is 0 Å². The van der Waals surface area contributed by atoms with Crippen LogP contribution in [0.15, 0.2) is 0 Å². The van der Waals surface area contributed by atoms with Crippen LogP contribution >= 0.6 is 0 Å². The Morgan fingerprint density at radius 1 is 0.508 bits per heavy atom. The molecule has 0 aliphatic carbocycles. The molecule has 1 aliphatic rings. The van der Waals surface area contributed by atoms with Gasteiger partial charge in [0, 0.05) is 0 Å². The molecule has 0 radical (unpaired) electrons. The lowest BCUT2D eigenvalue weighted by Gasteiger charge is -2.40. The standard InChI is InChI=1S/C50H99NO10/c1-3-5-7-9-11-13-15-17-18-19-20-21-22-23-24-26-28-30-32-34-36-38-43(54)49(59)51-41(40-60-50-48(58)47(57)46(56)44(39-52)61-50)45(55)42(53)37-35-33-31-29-27-25-16-14-12-10-8-6-4-2/h41-48,50,52-58H,3-40H2,1-2H3,(H,51,59)/t41-,42+,43+,44+,45-,46-,47-,48+,50-/m0/s1. The molecule has 0 saturated carbocycles. The van der Waals surface area contributed by atoms with E-state index in [9.17, 15) is 40.5 Å². The molecule has 1 saturated heterocycles. The van der Waals surface area contributed by atoms with E-state index < -0.39 is 74.2 Å². The van der Waals surface area contributed by atoms with Gasteiger partial charge in [-0.15, -0.1) is 0 Å². The third kappa shape index (κ3) is 30.0. The van der Waals surface area contributed by atoms with Crippen LogP contribution in [0.2, 0.25) is 0 Å². The Morgan fingerprint density at radius 3 is 1.21 bits per heavy atom. The number of aliphatic hydroxyl groups is 7. The maximum atomic E-state index is 13.1. The van der Waals surface area contributed by atoms with E-state index in [2.05, 4.69) is 19.2 Å². The van der Waals surface area contributed by atoms with Gasteiger partial charge >= 0.3 is 0 Å². The fourth-order valence-electron chi connectivity index (χ4n) is 8.62. The van der Waals surface area contributed by atoms with E-state index in [1.165, 1.54) is 167 Å². The van der Waals surface area contributed by atoms with Crippen molar-refractivity contribution in [3.8, 4) is 0 Å². The second-order valence-corrected chi connectivity index (χ2v) is 18.6. The van der Waals surface area contributed by atoms with Gasteiger partial charge in [-0.3, -0.25) is 4.79 Å². The molecule has 0 bridgehead atoms. The lowest BCUT2D eigenvalue weighted by molar-refractivity contribution is -0.303. The van der Waals surface area contributed by atoms with Gasteiger partial charge in [-0.25, -0.2) is 0 Å². The third-order valence-corrected chi connectivity index (χ3v) is 12.9. The van der Waals surface area contributed by atoms with Gasteiger partial charge in [-0.05, 0) is 12.8 Å². The van der Waals surface area contributed by atoms with E-state index in [4.69, 9.17) is 9.47 Å². The highest BCUT2D eigenvalue weighted by Crippen LogP contribution is 2.23. The van der Waals surface area contributed by atoms with Crippen LogP contribution in [0.1, 0.15) is 245 Å². The Morgan fingerprint density at radius 2 is 0.852 bits per heavy atom. The lowest BCUT2D eigenvalue weighted by Crippen LogP contribution is -2.60. The SMILES string of the molecule is CCCCCCCCCCCCCCCCCCCCCCC[C@@H](O)C(=O)N[C@@H](CO[C@H]1O[C@H](CO)[C@H](O)[C@H](O)[C@H]1O)[C@H](O)[C@H](O)CCCCCCCCCCCCCCC. The summed E-state index contributed by atoms with van der Waals surface area (Å²) in [5, 5.41) is 75.8. The van der Waals surface area contributed by atoms with Crippen LogP contribution in [0.3, 0.4) is 0 Å². The molecule has 364 valence electrons. The molecule has 0 aromatic heterocycles. The Bertz CT molecular complexity index is 959. The van der Waals surface area contributed by atoms with E-state index in [0.717, 1.165) is 38.5 Å². The highest BCUT2D eigenvalue weighted by molar-refractivity contribution is 5.80. The first kappa shape index (κ1) is 58.1. The Kier molecular flexibility index (Phi) is 38.7. The predicted octanol–water partition coefficient (Wildman–Crippen LogP) is 9.45. The van der Waals surface area contributed by atoms with Crippen molar-refractivity contribution in [1.29, 1.82) is 0 Å². The molecule has 1 amide bonds. The molecule has 0 aromatic carbocycles. The monoisotopic (exact) mass is 874 g/mol. The highest BCUT2D eigenvalue weighted by atomic mass is 16.7. The smallest absolute Gasteiger partial charge is 0.249 e. The van der Waals surface area contributed by atoms with Gasteiger partial charge < -0.3 is 50.5 Å². The highest BCUT2D eigenvalue weighted by Gasteiger charge is 2.44. The first-order valence-corrected chi connectivity index (χ1v) is 25.9. The van der Waals surface area contributed by atoms with Crippen molar-refractivity contribution < 1.29 is 50.0 Å². The van der Waals surface area contributed by atoms with Gasteiger partial charge in [-0.1, -0.05) is 232 Å². The molecule has 8 N–H and O–H groups in total. The van der Waals surface area contributed by atoms with E-state index in [-0.39, 0.29) is 6.42 Å². The van der Waals surface area contributed by atoms with Crippen molar-refractivity contribution in [3.63, 3.8) is 0 Å². The summed E-state index contributed by atoms with van der Waals surface area (Å²) in [5.41, 5.74) is 0. The van der Waals surface area contributed by atoms with Gasteiger partial charge in [0.2, 0.25) is 5.91 Å². The number of carbonyl (C=O) groups excluding carboxylic acids is 1. The summed E-state index contributed by atoms with van der Waals surface area (Å²) in [6, 6.07) is -1.16. The minimum atomic E-state index is -1.66. The molecule has 0 aromatic rings. The molecule has 11 heteroatoms. The minimum Gasteiger partial charge on any atom is -0.394 e. The van der Waals surface area contributed by atoms with Crippen LogP contribution in [-0.2, 0) is 14.3 Å². The first-order valence-electron chi connectivity index (χ1n) is 25.9. The fourth-order valence-corrected chi connectivity index (χ4v) is 8.62. The summed E-state index contributed by atoms with van der Waals surface area (Å²) < 4.78 is 11.1. The summed E-state index contributed by atoms with van der Waals surface area (Å²) in [6.45, 7) is 3.47. The number of carbonyl (C=O) groups is 1. The number of hydrogen-bond acceptors (Lipinski definition) is 10. The van der Waals surface area contributed by atoms with E-state index in [1.807, 2.05) is 0 Å². The molecule has 1 heterocycles. The fraction of sp³-hybridized carbons (Fsp3) is 0.980. The number of unbranched alkanes of at least 4 members (excludes halogenated alkanes) is 32. The molecule has 1 aliphatic heterocycles. The number of ether oxygens (including phenoxy) is 2. The summed E-state index contributed by atoms with van der Waals surface area (Å²) in [7, 11) is 0. The van der Waals surface area contributed by atoms with Crippen LogP contribution in [0.25, 0.3) is 0 Å². The number of amides is 1. The Balaban J connectivity index is 2.34. The Labute approximate surface area is 373 Å². The normalized spacial score (nSPS) is 21.4. The van der Waals surface area contributed by atoms with Crippen molar-refractivity contribution >= 4 is 5.91 Å². The predicted molar refractivity (Wildman–Crippen MR) is 247 cm³/mol. The summed E-state index contributed by atoms with van der Waals surface area (Å²) in [5.74, 6) is -0.692. The largest absolute Gasteiger partial charge is 0.394 e. The van der Waals surface area contributed by atoms with Gasteiger partial charge in [-0.2, -0.15) is 0 Å². The van der Waals surface area contributed by atoms with Crippen LogP contribution < -0.4 is 5.32 Å². The van der Waals surface area contributed by atoms with Gasteiger partial charge in [0.1, 0.15) is 36.6 Å². The molecule has 1 rings (SSSR count). The molecule has 0 spiro atoms. The number of nitrogens with one attached hydrogen (secondary N) is 1. The zero-order chi connectivity index (χ0) is 44.8. The molecule has 9 atom stereocenters. The maximum Gasteiger partial charge on any atom is 0.249 e. The van der Waals surface area contributed by atoms with E-state index in [0.29, 0.717) is 19.3 Å². The number of rotatable bonds is 44. The number of hydrogen-bond donors (Lipinski definition) is 8. The molecule has 1 fully saturated rings. The molecule has 11 nitrogen and oxygen atoms in total. The zero-order valence-electron chi connectivity index (χ0n) is 39.4. The zero-order valence-corrected chi connectivity index (χ0v) is 39.4. The maximum absolute atomic E-state index is 13.1. The molecule has 0 unspecified atom stereocenters.